The average Bonchev–Trinajstić information content (AvgIpc) is 2.31. The third kappa shape index (κ3) is 2.60. The fraction of sp³-hybridized carbons (Fsp3) is 0.0833. The molecule has 0 bridgehead atoms. The van der Waals surface area contributed by atoms with Gasteiger partial charge in [-0.3, -0.25) is 0 Å². The highest BCUT2D eigenvalue weighted by molar-refractivity contribution is 6.29. The number of aliphatic hydroxyl groups excluding tert-OH is 1. The van der Waals surface area contributed by atoms with Crippen molar-refractivity contribution < 1.29 is 13.9 Å². The van der Waals surface area contributed by atoms with Gasteiger partial charge in [-0.2, -0.15) is 0 Å². The van der Waals surface area contributed by atoms with E-state index in [9.17, 15) is 13.9 Å². The summed E-state index contributed by atoms with van der Waals surface area (Å²) in [6, 6.07) is 5.80. The fourth-order valence-corrected chi connectivity index (χ4v) is 1.67. The lowest BCUT2D eigenvalue weighted by Gasteiger charge is -2.12. The summed E-state index contributed by atoms with van der Waals surface area (Å²) in [5.41, 5.74) is 0.224. The second kappa shape index (κ2) is 4.77. The van der Waals surface area contributed by atoms with Crippen LogP contribution in [0.15, 0.2) is 36.5 Å². The van der Waals surface area contributed by atoms with Crippen molar-refractivity contribution in [3.8, 4) is 0 Å². The standard InChI is InChI=1S/C12H8ClF2NO/c13-11-5-7(3-4-16-11)12(17)9-6-8(14)1-2-10(9)15/h1-6,12,17H. The Morgan fingerprint density at radius 2 is 1.94 bits per heavy atom. The van der Waals surface area contributed by atoms with Crippen molar-refractivity contribution in [2.24, 2.45) is 0 Å². The lowest BCUT2D eigenvalue weighted by Crippen LogP contribution is -2.03. The zero-order valence-corrected chi connectivity index (χ0v) is 9.33. The Morgan fingerprint density at radius 1 is 1.18 bits per heavy atom. The highest BCUT2D eigenvalue weighted by Gasteiger charge is 2.16. The summed E-state index contributed by atoms with van der Waals surface area (Å²) in [7, 11) is 0. The fourth-order valence-electron chi connectivity index (χ4n) is 1.49. The highest BCUT2D eigenvalue weighted by Crippen LogP contribution is 2.25. The SMILES string of the molecule is OC(c1ccnc(Cl)c1)c1cc(F)ccc1F. The van der Waals surface area contributed by atoms with E-state index in [1.54, 1.807) is 0 Å². The maximum Gasteiger partial charge on any atom is 0.129 e. The summed E-state index contributed by atoms with van der Waals surface area (Å²) in [5, 5.41) is 10.1. The van der Waals surface area contributed by atoms with E-state index in [-0.39, 0.29) is 10.7 Å². The summed E-state index contributed by atoms with van der Waals surface area (Å²) in [4.78, 5) is 3.74. The first-order valence-corrected chi connectivity index (χ1v) is 5.20. The van der Waals surface area contributed by atoms with Crippen molar-refractivity contribution >= 4 is 11.6 Å². The van der Waals surface area contributed by atoms with Gasteiger partial charge in [0.1, 0.15) is 22.9 Å². The van der Waals surface area contributed by atoms with Crippen LogP contribution in [0.5, 0.6) is 0 Å². The molecule has 0 amide bonds. The highest BCUT2D eigenvalue weighted by atomic mass is 35.5. The van der Waals surface area contributed by atoms with E-state index in [1.165, 1.54) is 18.3 Å². The van der Waals surface area contributed by atoms with E-state index in [4.69, 9.17) is 11.6 Å². The Balaban J connectivity index is 2.43. The Hall–Kier alpha value is -1.52. The van der Waals surface area contributed by atoms with E-state index in [2.05, 4.69) is 4.98 Å². The van der Waals surface area contributed by atoms with Crippen LogP contribution in [0.2, 0.25) is 5.15 Å². The lowest BCUT2D eigenvalue weighted by atomic mass is 10.0. The number of aromatic nitrogens is 1. The first-order chi connectivity index (χ1) is 8.08. The molecule has 1 unspecified atom stereocenters. The Bertz CT molecular complexity index is 548. The van der Waals surface area contributed by atoms with Crippen LogP contribution >= 0.6 is 11.6 Å². The van der Waals surface area contributed by atoms with Crippen LogP contribution in [0.4, 0.5) is 8.78 Å². The van der Waals surface area contributed by atoms with E-state index >= 15 is 0 Å². The number of benzene rings is 1. The zero-order valence-electron chi connectivity index (χ0n) is 8.57. The van der Waals surface area contributed by atoms with Crippen molar-refractivity contribution in [2.75, 3.05) is 0 Å². The number of hydrogen-bond donors (Lipinski definition) is 1. The second-order valence-electron chi connectivity index (χ2n) is 3.48. The Labute approximate surface area is 102 Å². The topological polar surface area (TPSA) is 33.1 Å². The van der Waals surface area contributed by atoms with E-state index in [0.29, 0.717) is 5.56 Å². The van der Waals surface area contributed by atoms with Gasteiger partial charge in [-0.1, -0.05) is 11.6 Å². The minimum Gasteiger partial charge on any atom is -0.384 e. The molecule has 2 nitrogen and oxygen atoms in total. The van der Waals surface area contributed by atoms with Gasteiger partial charge in [0, 0.05) is 11.8 Å². The van der Waals surface area contributed by atoms with Gasteiger partial charge >= 0.3 is 0 Å². The maximum atomic E-state index is 13.4. The molecule has 1 aromatic heterocycles. The van der Waals surface area contributed by atoms with E-state index in [1.807, 2.05) is 0 Å². The van der Waals surface area contributed by atoms with Crippen molar-refractivity contribution in [3.05, 3.63) is 64.4 Å². The van der Waals surface area contributed by atoms with Crippen LogP contribution < -0.4 is 0 Å². The number of rotatable bonds is 2. The average molecular weight is 256 g/mol. The van der Waals surface area contributed by atoms with Crippen molar-refractivity contribution in [1.82, 2.24) is 4.98 Å². The summed E-state index contributed by atoms with van der Waals surface area (Å²) < 4.78 is 26.4. The predicted octanol–water partition coefficient (Wildman–Crippen LogP) is 3.09. The normalized spacial score (nSPS) is 12.5. The van der Waals surface area contributed by atoms with E-state index in [0.717, 1.165) is 18.2 Å². The smallest absolute Gasteiger partial charge is 0.129 e. The minimum atomic E-state index is -1.27. The molecule has 0 aliphatic rings. The molecular formula is C12H8ClF2NO. The van der Waals surface area contributed by atoms with Gasteiger partial charge in [0.2, 0.25) is 0 Å². The van der Waals surface area contributed by atoms with Crippen LogP contribution in [0.1, 0.15) is 17.2 Å². The molecule has 0 spiro atoms. The van der Waals surface area contributed by atoms with Gasteiger partial charge < -0.3 is 5.11 Å². The third-order valence-electron chi connectivity index (χ3n) is 2.32. The number of nitrogens with zero attached hydrogens (tertiary/aromatic N) is 1. The van der Waals surface area contributed by atoms with Crippen molar-refractivity contribution in [2.45, 2.75) is 6.10 Å². The summed E-state index contributed by atoms with van der Waals surface area (Å²) >= 11 is 5.66. The van der Waals surface area contributed by atoms with Gasteiger partial charge in [0.15, 0.2) is 0 Å². The molecule has 0 saturated carbocycles. The molecule has 0 fully saturated rings. The molecule has 0 saturated heterocycles. The quantitative estimate of drug-likeness (QED) is 0.837. The molecule has 0 radical (unpaired) electrons. The molecule has 88 valence electrons. The molecular weight excluding hydrogens is 248 g/mol. The van der Waals surface area contributed by atoms with Crippen LogP contribution in [0.25, 0.3) is 0 Å². The van der Waals surface area contributed by atoms with Gasteiger partial charge in [0.25, 0.3) is 0 Å². The predicted molar refractivity (Wildman–Crippen MR) is 59.7 cm³/mol. The maximum absolute atomic E-state index is 13.4. The molecule has 2 aromatic rings. The van der Waals surface area contributed by atoms with Crippen LogP contribution in [-0.2, 0) is 0 Å². The summed E-state index contributed by atoms with van der Waals surface area (Å²) in [5.74, 6) is -1.28. The number of pyridine rings is 1. The van der Waals surface area contributed by atoms with E-state index < -0.39 is 17.7 Å². The van der Waals surface area contributed by atoms with Crippen LogP contribution in [0, 0.1) is 11.6 Å². The molecule has 0 aliphatic heterocycles. The van der Waals surface area contributed by atoms with Crippen LogP contribution in [0.3, 0.4) is 0 Å². The first kappa shape index (κ1) is 12.0. The first-order valence-electron chi connectivity index (χ1n) is 4.82. The molecule has 1 N–H and O–H groups in total. The van der Waals surface area contributed by atoms with Crippen LogP contribution in [-0.4, -0.2) is 10.1 Å². The van der Waals surface area contributed by atoms with Gasteiger partial charge in [0.05, 0.1) is 0 Å². The van der Waals surface area contributed by atoms with Crippen molar-refractivity contribution in [1.29, 1.82) is 0 Å². The van der Waals surface area contributed by atoms with Crippen molar-refractivity contribution in [3.63, 3.8) is 0 Å². The Morgan fingerprint density at radius 3 is 2.65 bits per heavy atom. The molecule has 2 rings (SSSR count). The molecule has 1 atom stereocenters. The zero-order chi connectivity index (χ0) is 12.4. The number of aliphatic hydroxyl groups is 1. The largest absolute Gasteiger partial charge is 0.384 e. The lowest BCUT2D eigenvalue weighted by molar-refractivity contribution is 0.214. The van der Waals surface area contributed by atoms with Gasteiger partial charge in [-0.15, -0.1) is 0 Å². The molecule has 17 heavy (non-hydrogen) atoms. The molecule has 1 heterocycles. The molecule has 5 heteroatoms. The minimum absolute atomic E-state index is 0.132. The van der Waals surface area contributed by atoms with Gasteiger partial charge in [-0.25, -0.2) is 13.8 Å². The molecule has 1 aromatic carbocycles. The third-order valence-corrected chi connectivity index (χ3v) is 2.53. The number of hydrogen-bond acceptors (Lipinski definition) is 2. The van der Waals surface area contributed by atoms with Gasteiger partial charge in [-0.05, 0) is 35.9 Å². The second-order valence-corrected chi connectivity index (χ2v) is 3.87. The summed E-state index contributed by atoms with van der Waals surface area (Å²) in [6.07, 6.45) is 0.115. The molecule has 0 aliphatic carbocycles. The number of halogens is 3. The Kier molecular flexibility index (Phi) is 3.36. The summed E-state index contributed by atoms with van der Waals surface area (Å²) in [6.45, 7) is 0. The monoisotopic (exact) mass is 255 g/mol.